The Balaban J connectivity index is 1.48. The Labute approximate surface area is 182 Å². The summed E-state index contributed by atoms with van der Waals surface area (Å²) in [6, 6.07) is 26.6. The molecule has 4 rings (SSSR count). The number of ether oxygens (including phenoxy) is 2. The van der Waals surface area contributed by atoms with Crippen LogP contribution in [-0.4, -0.2) is 9.85 Å². The van der Waals surface area contributed by atoms with Gasteiger partial charge in [0.15, 0.2) is 0 Å². The number of nitro benzene ring substituents is 2. The monoisotopic (exact) mass is 428 g/mol. The van der Waals surface area contributed by atoms with Crippen molar-refractivity contribution in [1.82, 2.24) is 0 Å². The molecule has 0 spiro atoms. The minimum absolute atomic E-state index is 0.106. The lowest BCUT2D eigenvalue weighted by Crippen LogP contribution is -1.93. The van der Waals surface area contributed by atoms with E-state index >= 15 is 0 Å². The summed E-state index contributed by atoms with van der Waals surface area (Å²) in [6.45, 7) is 0. The number of rotatable bonds is 7. The number of hydrogen-bond acceptors (Lipinski definition) is 6. The van der Waals surface area contributed by atoms with E-state index in [9.17, 15) is 20.2 Å². The molecule has 0 bridgehead atoms. The molecule has 0 unspecified atom stereocenters. The van der Waals surface area contributed by atoms with Gasteiger partial charge in [0, 0.05) is 12.1 Å². The van der Waals surface area contributed by atoms with E-state index in [0.29, 0.717) is 11.5 Å². The molecule has 0 aromatic heterocycles. The molecule has 8 nitrogen and oxygen atoms in total. The number of nitrogens with zero attached hydrogens (tertiary/aromatic N) is 2. The average Bonchev–Trinajstić information content (AvgIpc) is 2.81. The lowest BCUT2D eigenvalue weighted by Gasteiger charge is -2.09. The second-order valence-corrected chi connectivity index (χ2v) is 6.70. The van der Waals surface area contributed by atoms with Crippen LogP contribution in [0.5, 0.6) is 23.0 Å². The molecule has 158 valence electrons. The van der Waals surface area contributed by atoms with Crippen LogP contribution >= 0.6 is 0 Å². The summed E-state index contributed by atoms with van der Waals surface area (Å²) in [5.41, 5.74) is 1.59. The quantitative estimate of drug-likeness (QED) is 0.238. The van der Waals surface area contributed by atoms with Crippen LogP contribution in [0.3, 0.4) is 0 Å². The van der Waals surface area contributed by atoms with Gasteiger partial charge < -0.3 is 9.47 Å². The Morgan fingerprint density at radius 1 is 0.500 bits per heavy atom. The predicted octanol–water partition coefficient (Wildman–Crippen LogP) is 6.75. The van der Waals surface area contributed by atoms with Gasteiger partial charge in [-0.15, -0.1) is 0 Å². The molecule has 0 atom stereocenters. The molecule has 8 heteroatoms. The van der Waals surface area contributed by atoms with Crippen molar-refractivity contribution in [3.63, 3.8) is 0 Å². The highest BCUT2D eigenvalue weighted by atomic mass is 16.6. The first kappa shape index (κ1) is 20.5. The van der Waals surface area contributed by atoms with Gasteiger partial charge in [-0.25, -0.2) is 0 Å². The van der Waals surface area contributed by atoms with E-state index in [4.69, 9.17) is 9.47 Å². The third-order valence-electron chi connectivity index (χ3n) is 4.62. The average molecular weight is 428 g/mol. The third-order valence-corrected chi connectivity index (χ3v) is 4.62. The molecule has 0 N–H and O–H groups in total. The molecule has 0 amide bonds. The fraction of sp³-hybridized carbons (Fsp3) is 0. The van der Waals surface area contributed by atoms with Crippen LogP contribution in [0.2, 0.25) is 0 Å². The third kappa shape index (κ3) is 4.54. The van der Waals surface area contributed by atoms with Gasteiger partial charge in [0.2, 0.25) is 11.5 Å². The zero-order chi connectivity index (χ0) is 22.5. The highest BCUT2D eigenvalue weighted by Crippen LogP contribution is 2.34. The molecule has 0 saturated heterocycles. The first-order valence-corrected chi connectivity index (χ1v) is 9.54. The molecule has 0 fully saturated rings. The summed E-state index contributed by atoms with van der Waals surface area (Å²) in [7, 11) is 0. The van der Waals surface area contributed by atoms with Crippen molar-refractivity contribution < 1.29 is 19.3 Å². The smallest absolute Gasteiger partial charge is 0.311 e. The molecule has 0 heterocycles. The van der Waals surface area contributed by atoms with Gasteiger partial charge in [0.25, 0.3) is 0 Å². The molecule has 0 saturated carbocycles. The fourth-order valence-electron chi connectivity index (χ4n) is 3.07. The molecular formula is C24H16N2O6. The van der Waals surface area contributed by atoms with Gasteiger partial charge in [0.1, 0.15) is 11.5 Å². The van der Waals surface area contributed by atoms with Crippen molar-refractivity contribution >= 4 is 11.4 Å². The summed E-state index contributed by atoms with van der Waals surface area (Å²) >= 11 is 0. The van der Waals surface area contributed by atoms with Crippen LogP contribution in [0.4, 0.5) is 11.4 Å². The number of benzene rings is 4. The van der Waals surface area contributed by atoms with Crippen molar-refractivity contribution in [3.05, 3.63) is 117 Å². The lowest BCUT2D eigenvalue weighted by atomic mass is 10.1. The van der Waals surface area contributed by atoms with Crippen LogP contribution in [0, 0.1) is 20.2 Å². The van der Waals surface area contributed by atoms with Gasteiger partial charge >= 0.3 is 11.4 Å². The fourth-order valence-corrected chi connectivity index (χ4v) is 3.07. The van der Waals surface area contributed by atoms with Crippen LogP contribution in [0.15, 0.2) is 97.1 Å². The molecule has 4 aromatic rings. The van der Waals surface area contributed by atoms with Crippen LogP contribution in [0.1, 0.15) is 0 Å². The van der Waals surface area contributed by atoms with Gasteiger partial charge in [-0.3, -0.25) is 20.2 Å². The Hall–Kier alpha value is -4.72. The van der Waals surface area contributed by atoms with E-state index in [2.05, 4.69) is 0 Å². The predicted molar refractivity (Wildman–Crippen MR) is 118 cm³/mol. The van der Waals surface area contributed by atoms with Gasteiger partial charge in [0.05, 0.1) is 9.85 Å². The SMILES string of the molecule is O=[N+]([O-])c1ccccc1Oc1ccc(-c2ccc(Oc3ccccc3[N+](=O)[O-])cc2)cc1. The zero-order valence-corrected chi connectivity index (χ0v) is 16.6. The number of nitro groups is 2. The standard InChI is InChI=1S/C24H16N2O6/c27-25(28)21-5-1-3-7-23(21)31-19-13-9-17(10-14-19)18-11-15-20(16-12-18)32-24-8-4-2-6-22(24)26(29)30/h1-16H. The summed E-state index contributed by atoms with van der Waals surface area (Å²) in [5.74, 6) is 1.28. The van der Waals surface area contributed by atoms with Crippen LogP contribution in [-0.2, 0) is 0 Å². The minimum atomic E-state index is -0.489. The van der Waals surface area contributed by atoms with Gasteiger partial charge in [-0.1, -0.05) is 48.5 Å². The first-order chi connectivity index (χ1) is 15.5. The highest BCUT2D eigenvalue weighted by Gasteiger charge is 2.15. The number of hydrogen-bond donors (Lipinski definition) is 0. The van der Waals surface area contributed by atoms with Gasteiger partial charge in [-0.05, 0) is 47.5 Å². The van der Waals surface area contributed by atoms with Crippen LogP contribution < -0.4 is 9.47 Å². The van der Waals surface area contributed by atoms with E-state index in [1.807, 2.05) is 24.3 Å². The van der Waals surface area contributed by atoms with Crippen molar-refractivity contribution in [1.29, 1.82) is 0 Å². The van der Waals surface area contributed by atoms with E-state index in [0.717, 1.165) is 11.1 Å². The van der Waals surface area contributed by atoms with Crippen molar-refractivity contribution in [2.75, 3.05) is 0 Å². The van der Waals surface area contributed by atoms with Crippen molar-refractivity contribution in [3.8, 4) is 34.1 Å². The Morgan fingerprint density at radius 2 is 0.844 bits per heavy atom. The minimum Gasteiger partial charge on any atom is -0.450 e. The maximum atomic E-state index is 11.1. The summed E-state index contributed by atoms with van der Waals surface area (Å²) < 4.78 is 11.3. The molecule has 0 radical (unpaired) electrons. The largest absolute Gasteiger partial charge is 0.450 e. The second-order valence-electron chi connectivity index (χ2n) is 6.70. The van der Waals surface area contributed by atoms with E-state index in [1.165, 1.54) is 12.1 Å². The van der Waals surface area contributed by atoms with Crippen LogP contribution in [0.25, 0.3) is 11.1 Å². The zero-order valence-electron chi connectivity index (χ0n) is 16.6. The second kappa shape index (κ2) is 8.97. The molecule has 4 aromatic carbocycles. The van der Waals surface area contributed by atoms with E-state index in [-0.39, 0.29) is 22.9 Å². The topological polar surface area (TPSA) is 105 Å². The molecule has 0 aliphatic heterocycles. The Kier molecular flexibility index (Phi) is 5.76. The Morgan fingerprint density at radius 3 is 1.19 bits per heavy atom. The summed E-state index contributed by atoms with van der Waals surface area (Å²) in [5, 5.41) is 22.3. The summed E-state index contributed by atoms with van der Waals surface area (Å²) in [4.78, 5) is 21.3. The van der Waals surface area contributed by atoms with Crippen molar-refractivity contribution in [2.45, 2.75) is 0 Å². The lowest BCUT2D eigenvalue weighted by molar-refractivity contribution is -0.385. The van der Waals surface area contributed by atoms with E-state index in [1.54, 1.807) is 60.7 Å². The van der Waals surface area contributed by atoms with Crippen molar-refractivity contribution in [2.24, 2.45) is 0 Å². The molecule has 0 aliphatic rings. The maximum Gasteiger partial charge on any atom is 0.311 e. The molecule has 0 aliphatic carbocycles. The maximum absolute atomic E-state index is 11.1. The molecular weight excluding hydrogens is 412 g/mol. The molecule has 32 heavy (non-hydrogen) atoms. The van der Waals surface area contributed by atoms with Gasteiger partial charge in [-0.2, -0.15) is 0 Å². The Bertz CT molecular complexity index is 1170. The normalized spacial score (nSPS) is 10.4. The summed E-state index contributed by atoms with van der Waals surface area (Å²) in [6.07, 6.45) is 0. The first-order valence-electron chi connectivity index (χ1n) is 9.54. The highest BCUT2D eigenvalue weighted by molar-refractivity contribution is 5.65. The number of para-hydroxylation sites is 4. The van der Waals surface area contributed by atoms with E-state index < -0.39 is 9.85 Å².